The smallest absolute Gasteiger partial charge is 0.319 e. The van der Waals surface area contributed by atoms with Crippen molar-refractivity contribution in [2.45, 2.75) is 26.4 Å². The summed E-state index contributed by atoms with van der Waals surface area (Å²) in [6, 6.07) is 17.9. The molecule has 3 rings (SSSR count). The van der Waals surface area contributed by atoms with E-state index in [9.17, 15) is 9.18 Å². The maximum atomic E-state index is 13.3. The van der Waals surface area contributed by atoms with E-state index in [-0.39, 0.29) is 11.8 Å². The van der Waals surface area contributed by atoms with Crippen molar-refractivity contribution < 1.29 is 9.18 Å². The van der Waals surface area contributed by atoms with Crippen molar-refractivity contribution >= 4 is 11.7 Å². The lowest BCUT2D eigenvalue weighted by molar-refractivity contribution is 0.251. The minimum atomic E-state index is -0.257. The third-order valence-electron chi connectivity index (χ3n) is 4.22. The summed E-state index contributed by atoms with van der Waals surface area (Å²) in [6.07, 6.45) is 2.89. The molecule has 0 saturated heterocycles. The standard InChI is InChI=1S/C21H22FN3O/c1-2-16-8-10-19(11-9-16)24-21(26)23-14-20-7-4-12-25(20)15-17-5-3-6-18(22)13-17/h3-13H,2,14-15H2,1H3,(H2,23,24,26). The molecule has 0 saturated carbocycles. The van der Waals surface area contributed by atoms with E-state index >= 15 is 0 Å². The number of aromatic nitrogens is 1. The van der Waals surface area contributed by atoms with E-state index < -0.39 is 0 Å². The summed E-state index contributed by atoms with van der Waals surface area (Å²) < 4.78 is 15.3. The van der Waals surface area contributed by atoms with Gasteiger partial charge in [0.1, 0.15) is 5.82 Å². The van der Waals surface area contributed by atoms with Gasteiger partial charge in [0.25, 0.3) is 0 Å². The lowest BCUT2D eigenvalue weighted by atomic mass is 10.1. The highest BCUT2D eigenvalue weighted by atomic mass is 19.1. The normalized spacial score (nSPS) is 10.5. The number of rotatable bonds is 6. The lowest BCUT2D eigenvalue weighted by Gasteiger charge is -2.12. The van der Waals surface area contributed by atoms with Crippen LogP contribution in [0.2, 0.25) is 0 Å². The van der Waals surface area contributed by atoms with E-state index in [1.165, 1.54) is 17.7 Å². The number of anilines is 1. The van der Waals surface area contributed by atoms with Gasteiger partial charge < -0.3 is 15.2 Å². The minimum absolute atomic E-state index is 0.247. The summed E-state index contributed by atoms with van der Waals surface area (Å²) in [5.74, 6) is -0.247. The fraction of sp³-hybridized carbons (Fsp3) is 0.190. The molecule has 0 bridgehead atoms. The van der Waals surface area contributed by atoms with Crippen molar-refractivity contribution in [1.82, 2.24) is 9.88 Å². The third-order valence-corrected chi connectivity index (χ3v) is 4.22. The van der Waals surface area contributed by atoms with E-state index in [4.69, 9.17) is 0 Å². The van der Waals surface area contributed by atoms with Crippen molar-refractivity contribution in [1.29, 1.82) is 0 Å². The van der Waals surface area contributed by atoms with Crippen molar-refractivity contribution in [2.75, 3.05) is 5.32 Å². The predicted molar refractivity (Wildman–Crippen MR) is 102 cm³/mol. The van der Waals surface area contributed by atoms with Crippen LogP contribution >= 0.6 is 0 Å². The van der Waals surface area contributed by atoms with Gasteiger partial charge in [-0.1, -0.05) is 31.2 Å². The van der Waals surface area contributed by atoms with Crippen LogP contribution in [0.25, 0.3) is 0 Å². The lowest BCUT2D eigenvalue weighted by Crippen LogP contribution is -2.29. The summed E-state index contributed by atoms with van der Waals surface area (Å²) in [4.78, 5) is 12.1. The second kappa shape index (κ2) is 8.34. The Kier molecular flexibility index (Phi) is 5.69. The molecular weight excluding hydrogens is 329 g/mol. The second-order valence-corrected chi connectivity index (χ2v) is 6.12. The molecule has 0 aliphatic rings. The minimum Gasteiger partial charge on any atom is -0.345 e. The Labute approximate surface area is 152 Å². The molecule has 2 aromatic carbocycles. The van der Waals surface area contributed by atoms with Crippen LogP contribution in [0.15, 0.2) is 66.9 Å². The molecule has 134 valence electrons. The molecule has 2 N–H and O–H groups in total. The van der Waals surface area contributed by atoms with Crippen LogP contribution in [0, 0.1) is 5.82 Å². The van der Waals surface area contributed by atoms with Gasteiger partial charge in [0, 0.05) is 24.1 Å². The van der Waals surface area contributed by atoms with Crippen molar-refractivity contribution in [3.8, 4) is 0 Å². The molecule has 4 nitrogen and oxygen atoms in total. The average Bonchev–Trinajstić information content (AvgIpc) is 3.08. The van der Waals surface area contributed by atoms with E-state index in [0.29, 0.717) is 13.1 Å². The SMILES string of the molecule is CCc1ccc(NC(=O)NCc2cccn2Cc2cccc(F)c2)cc1. The fourth-order valence-corrected chi connectivity index (χ4v) is 2.77. The van der Waals surface area contributed by atoms with Gasteiger partial charge in [-0.25, -0.2) is 9.18 Å². The molecule has 0 unspecified atom stereocenters. The van der Waals surface area contributed by atoms with Crippen molar-refractivity contribution in [3.05, 3.63) is 89.5 Å². The molecule has 1 aromatic heterocycles. The van der Waals surface area contributed by atoms with Crippen LogP contribution in [0.5, 0.6) is 0 Å². The maximum Gasteiger partial charge on any atom is 0.319 e. The number of nitrogens with one attached hydrogen (secondary N) is 2. The quantitative estimate of drug-likeness (QED) is 0.672. The number of halogens is 1. The summed E-state index contributed by atoms with van der Waals surface area (Å²) >= 11 is 0. The summed E-state index contributed by atoms with van der Waals surface area (Å²) in [5, 5.41) is 5.68. The molecular formula is C21H22FN3O. The van der Waals surface area contributed by atoms with Gasteiger partial charge in [-0.05, 0) is 53.9 Å². The molecule has 26 heavy (non-hydrogen) atoms. The number of aryl methyl sites for hydroxylation is 1. The zero-order valence-electron chi connectivity index (χ0n) is 14.7. The second-order valence-electron chi connectivity index (χ2n) is 6.12. The highest BCUT2D eigenvalue weighted by Crippen LogP contribution is 2.11. The van der Waals surface area contributed by atoms with Gasteiger partial charge in [0.2, 0.25) is 0 Å². The van der Waals surface area contributed by atoms with Crippen LogP contribution in [0.4, 0.5) is 14.9 Å². The fourth-order valence-electron chi connectivity index (χ4n) is 2.77. The number of carbonyl (C=O) groups excluding carboxylic acids is 1. The molecule has 3 aromatic rings. The Bertz CT molecular complexity index is 871. The number of urea groups is 1. The van der Waals surface area contributed by atoms with E-state index in [1.807, 2.05) is 53.2 Å². The molecule has 2 amide bonds. The van der Waals surface area contributed by atoms with Gasteiger partial charge in [0.15, 0.2) is 0 Å². The van der Waals surface area contributed by atoms with E-state index in [0.717, 1.165) is 23.4 Å². The van der Waals surface area contributed by atoms with Gasteiger partial charge in [-0.15, -0.1) is 0 Å². The molecule has 0 aliphatic heterocycles. The Morgan fingerprint density at radius 1 is 1.04 bits per heavy atom. The van der Waals surface area contributed by atoms with Gasteiger partial charge in [0.05, 0.1) is 6.54 Å². The predicted octanol–water partition coefficient (Wildman–Crippen LogP) is 4.56. The van der Waals surface area contributed by atoms with Crippen LogP contribution < -0.4 is 10.6 Å². The van der Waals surface area contributed by atoms with Crippen LogP contribution in [0.1, 0.15) is 23.7 Å². The summed E-state index contributed by atoms with van der Waals surface area (Å²) in [7, 11) is 0. The van der Waals surface area contributed by atoms with Crippen molar-refractivity contribution in [3.63, 3.8) is 0 Å². The highest BCUT2D eigenvalue weighted by molar-refractivity contribution is 5.89. The molecule has 0 aliphatic carbocycles. The number of hydrogen-bond acceptors (Lipinski definition) is 1. The summed E-state index contributed by atoms with van der Waals surface area (Å²) in [5.41, 5.74) is 3.81. The van der Waals surface area contributed by atoms with Gasteiger partial charge in [-0.2, -0.15) is 0 Å². The number of hydrogen-bond donors (Lipinski definition) is 2. The maximum absolute atomic E-state index is 13.3. The molecule has 5 heteroatoms. The van der Waals surface area contributed by atoms with E-state index in [1.54, 1.807) is 6.07 Å². The van der Waals surface area contributed by atoms with Crippen LogP contribution in [0.3, 0.4) is 0 Å². The first kappa shape index (κ1) is 17.7. The monoisotopic (exact) mass is 351 g/mol. The molecule has 1 heterocycles. The Morgan fingerprint density at radius 3 is 2.58 bits per heavy atom. The first-order chi connectivity index (χ1) is 12.6. The van der Waals surface area contributed by atoms with Gasteiger partial charge in [-0.3, -0.25) is 0 Å². The topological polar surface area (TPSA) is 46.1 Å². The third kappa shape index (κ3) is 4.72. The van der Waals surface area contributed by atoms with E-state index in [2.05, 4.69) is 17.6 Å². The average molecular weight is 351 g/mol. The largest absolute Gasteiger partial charge is 0.345 e. The highest BCUT2D eigenvalue weighted by Gasteiger charge is 2.06. The first-order valence-electron chi connectivity index (χ1n) is 8.66. The Morgan fingerprint density at radius 2 is 1.85 bits per heavy atom. The number of carbonyl (C=O) groups is 1. The number of nitrogens with zero attached hydrogens (tertiary/aromatic N) is 1. The summed E-state index contributed by atoms with van der Waals surface area (Å²) in [6.45, 7) is 3.04. The van der Waals surface area contributed by atoms with Crippen LogP contribution in [-0.4, -0.2) is 10.6 Å². The van der Waals surface area contributed by atoms with Gasteiger partial charge >= 0.3 is 6.03 Å². The number of benzene rings is 2. The zero-order chi connectivity index (χ0) is 18.4. The molecule has 0 radical (unpaired) electrons. The zero-order valence-corrected chi connectivity index (χ0v) is 14.7. The molecule has 0 fully saturated rings. The number of amides is 2. The Balaban J connectivity index is 1.56. The van der Waals surface area contributed by atoms with Crippen LogP contribution in [-0.2, 0) is 19.5 Å². The molecule has 0 spiro atoms. The first-order valence-corrected chi connectivity index (χ1v) is 8.66. The van der Waals surface area contributed by atoms with Crippen molar-refractivity contribution in [2.24, 2.45) is 0 Å². The Hall–Kier alpha value is -3.08. The molecule has 0 atom stereocenters.